The molecule has 7 heteroatoms. The molecule has 0 fully saturated rings. The topological polar surface area (TPSA) is 80.3 Å². The Morgan fingerprint density at radius 2 is 0.818 bits per heavy atom. The average Bonchev–Trinajstić information content (AvgIpc) is 3.02. The normalized spacial score (nSPS) is 16.1. The molecule has 1 N–H and O–H groups in total. The second-order valence-electron chi connectivity index (χ2n) is 7.96. The highest BCUT2D eigenvalue weighted by atomic mass is 32.3. The molecule has 0 atom stereocenters. The van der Waals surface area contributed by atoms with Crippen molar-refractivity contribution in [2.45, 2.75) is 9.79 Å². The van der Waals surface area contributed by atoms with Gasteiger partial charge in [-0.2, -0.15) is 0 Å². The van der Waals surface area contributed by atoms with Crippen molar-refractivity contribution in [3.63, 3.8) is 0 Å². The third-order valence-corrected chi connectivity index (χ3v) is 9.84. The number of nitrogens with one attached hydrogen (secondary N) is 1. The highest BCUT2D eigenvalue weighted by Gasteiger charge is 2.43. The van der Waals surface area contributed by atoms with Crippen molar-refractivity contribution >= 4 is 41.6 Å². The lowest BCUT2D eigenvalue weighted by Gasteiger charge is -2.14. The van der Waals surface area contributed by atoms with E-state index in [2.05, 4.69) is 0 Å². The summed E-state index contributed by atoms with van der Waals surface area (Å²) in [5.41, 5.74) is 2.05. The van der Waals surface area contributed by atoms with E-state index in [1.54, 1.807) is 12.1 Å². The van der Waals surface area contributed by atoms with Gasteiger partial charge in [-0.1, -0.05) is 97.1 Å². The van der Waals surface area contributed by atoms with Gasteiger partial charge in [0.05, 0.1) is 0 Å². The lowest BCUT2D eigenvalue weighted by Crippen LogP contribution is -2.21. The summed E-state index contributed by atoms with van der Waals surface area (Å²) in [5.74, 6) is 0. The number of hydrogen-bond donors (Lipinski definition) is 1. The van der Waals surface area contributed by atoms with Gasteiger partial charge < -0.3 is 0 Å². The standard InChI is InChI=1S/C26H17NO4S2/c28-32(29)25-23(21-13-5-9-17-7-1-3-11-19(17)21)15-16-24(26(25)33(30,31)27-32)22-14-6-10-18-8-2-4-12-20(18)22/h1-16,27H. The largest absolute Gasteiger partial charge is 0.255 e. The van der Waals surface area contributed by atoms with E-state index in [-0.39, 0.29) is 9.79 Å². The van der Waals surface area contributed by atoms with Gasteiger partial charge in [0.2, 0.25) is 0 Å². The van der Waals surface area contributed by atoms with Crippen LogP contribution in [0.25, 0.3) is 43.8 Å². The Labute approximate surface area is 191 Å². The SMILES string of the molecule is O=S1(=O)NS(=O)(=O)c2c(-c3cccc4ccccc34)ccc(-c3cccc4ccccc34)c21. The van der Waals surface area contributed by atoms with Gasteiger partial charge in [0.1, 0.15) is 9.79 Å². The van der Waals surface area contributed by atoms with E-state index in [1.165, 1.54) is 0 Å². The van der Waals surface area contributed by atoms with E-state index in [1.807, 2.05) is 89.1 Å². The molecule has 1 aliphatic heterocycles. The number of fused-ring (bicyclic) bond motifs is 3. The predicted molar refractivity (Wildman–Crippen MR) is 130 cm³/mol. The second kappa shape index (κ2) is 6.99. The van der Waals surface area contributed by atoms with Gasteiger partial charge in [0, 0.05) is 11.1 Å². The number of sulfonamides is 2. The number of hydrogen-bond acceptors (Lipinski definition) is 4. The minimum Gasteiger partial charge on any atom is -0.206 e. The van der Waals surface area contributed by atoms with E-state index in [9.17, 15) is 16.8 Å². The lowest BCUT2D eigenvalue weighted by atomic mass is 9.94. The Bertz CT molecular complexity index is 1680. The molecule has 0 radical (unpaired) electrons. The van der Waals surface area contributed by atoms with Crippen LogP contribution in [-0.2, 0) is 20.0 Å². The van der Waals surface area contributed by atoms with Crippen LogP contribution < -0.4 is 4.13 Å². The van der Waals surface area contributed by atoms with Crippen LogP contribution in [0.5, 0.6) is 0 Å². The summed E-state index contributed by atoms with van der Waals surface area (Å²) in [6.45, 7) is 0. The van der Waals surface area contributed by atoms with Crippen molar-refractivity contribution in [3.05, 3.63) is 97.1 Å². The Balaban J connectivity index is 1.76. The molecule has 0 aliphatic carbocycles. The fourth-order valence-corrected chi connectivity index (χ4v) is 8.79. The van der Waals surface area contributed by atoms with Gasteiger partial charge in [0.15, 0.2) is 0 Å². The first-order valence-electron chi connectivity index (χ1n) is 10.3. The van der Waals surface area contributed by atoms with Crippen LogP contribution in [0.15, 0.2) is 107 Å². The first-order valence-corrected chi connectivity index (χ1v) is 13.3. The molecule has 5 nitrogen and oxygen atoms in total. The highest BCUT2D eigenvalue weighted by molar-refractivity contribution is 8.07. The first kappa shape index (κ1) is 20.1. The van der Waals surface area contributed by atoms with Crippen molar-refractivity contribution in [2.75, 3.05) is 0 Å². The van der Waals surface area contributed by atoms with E-state index in [4.69, 9.17) is 0 Å². The van der Waals surface area contributed by atoms with Crippen molar-refractivity contribution in [1.82, 2.24) is 4.13 Å². The molecule has 1 heterocycles. The summed E-state index contributed by atoms with van der Waals surface area (Å²) < 4.78 is 54.5. The van der Waals surface area contributed by atoms with Crippen molar-refractivity contribution in [3.8, 4) is 22.3 Å². The molecule has 0 bridgehead atoms. The molecule has 0 unspecified atom stereocenters. The fraction of sp³-hybridized carbons (Fsp3) is 0. The molecule has 162 valence electrons. The minimum atomic E-state index is -4.28. The van der Waals surface area contributed by atoms with Crippen LogP contribution in [0.4, 0.5) is 0 Å². The predicted octanol–water partition coefficient (Wildman–Crippen LogP) is 5.31. The second-order valence-corrected chi connectivity index (χ2v) is 11.5. The summed E-state index contributed by atoms with van der Waals surface area (Å²) in [6.07, 6.45) is 0. The summed E-state index contributed by atoms with van der Waals surface area (Å²) in [5, 5.41) is 3.57. The van der Waals surface area contributed by atoms with E-state index >= 15 is 0 Å². The zero-order valence-corrected chi connectivity index (χ0v) is 18.8. The van der Waals surface area contributed by atoms with Gasteiger partial charge in [-0.15, -0.1) is 4.13 Å². The third-order valence-electron chi connectivity index (χ3n) is 6.03. The van der Waals surface area contributed by atoms with E-state index in [0.717, 1.165) is 21.5 Å². The molecular formula is C26H17NO4S2. The molecule has 0 saturated carbocycles. The molecule has 6 rings (SSSR count). The molecule has 5 aromatic carbocycles. The van der Waals surface area contributed by atoms with Crippen molar-refractivity contribution in [1.29, 1.82) is 0 Å². The molecule has 33 heavy (non-hydrogen) atoms. The molecule has 0 spiro atoms. The van der Waals surface area contributed by atoms with Crippen LogP contribution in [0.2, 0.25) is 0 Å². The monoisotopic (exact) mass is 471 g/mol. The van der Waals surface area contributed by atoms with E-state index in [0.29, 0.717) is 22.3 Å². The smallest absolute Gasteiger partial charge is 0.206 e. The zero-order valence-electron chi connectivity index (χ0n) is 17.2. The van der Waals surface area contributed by atoms with Crippen LogP contribution in [0.1, 0.15) is 0 Å². The summed E-state index contributed by atoms with van der Waals surface area (Å²) >= 11 is 0. The van der Waals surface area contributed by atoms with Crippen LogP contribution in [0.3, 0.4) is 0 Å². The molecular weight excluding hydrogens is 454 g/mol. The maximum absolute atomic E-state index is 13.2. The molecule has 0 amide bonds. The zero-order chi connectivity index (χ0) is 22.8. The van der Waals surface area contributed by atoms with Gasteiger partial charge in [0.25, 0.3) is 20.0 Å². The summed E-state index contributed by atoms with van der Waals surface area (Å²) in [6, 6.07) is 29.8. The lowest BCUT2D eigenvalue weighted by molar-refractivity contribution is 0.586. The van der Waals surface area contributed by atoms with Gasteiger partial charge in [-0.3, -0.25) is 0 Å². The van der Waals surface area contributed by atoms with Crippen LogP contribution in [0, 0.1) is 0 Å². The Hall–Kier alpha value is -3.52. The maximum Gasteiger partial charge on any atom is 0.255 e. The van der Waals surface area contributed by atoms with Gasteiger partial charge in [-0.05, 0) is 32.7 Å². The summed E-state index contributed by atoms with van der Waals surface area (Å²) in [4.78, 5) is -0.409. The van der Waals surface area contributed by atoms with Crippen LogP contribution in [-0.4, -0.2) is 16.8 Å². The van der Waals surface area contributed by atoms with Gasteiger partial charge >= 0.3 is 0 Å². The quantitative estimate of drug-likeness (QED) is 0.378. The minimum absolute atomic E-state index is 0.204. The Morgan fingerprint density at radius 1 is 0.424 bits per heavy atom. The van der Waals surface area contributed by atoms with Crippen molar-refractivity contribution < 1.29 is 16.8 Å². The number of benzene rings is 5. The van der Waals surface area contributed by atoms with Crippen LogP contribution >= 0.6 is 0 Å². The van der Waals surface area contributed by atoms with E-state index < -0.39 is 20.0 Å². The molecule has 0 saturated heterocycles. The average molecular weight is 472 g/mol. The Morgan fingerprint density at radius 3 is 1.27 bits per heavy atom. The summed E-state index contributed by atoms with van der Waals surface area (Å²) in [7, 11) is -8.56. The molecule has 0 aromatic heterocycles. The van der Waals surface area contributed by atoms with Gasteiger partial charge in [-0.25, -0.2) is 16.8 Å². The maximum atomic E-state index is 13.2. The van der Waals surface area contributed by atoms with Crippen molar-refractivity contribution in [2.24, 2.45) is 0 Å². The Kier molecular flexibility index (Phi) is 4.26. The fourth-order valence-electron chi connectivity index (χ4n) is 4.67. The number of rotatable bonds is 2. The highest BCUT2D eigenvalue weighted by Crippen LogP contribution is 2.45. The third kappa shape index (κ3) is 3.01. The molecule has 1 aliphatic rings. The molecule has 5 aromatic rings. The first-order chi connectivity index (χ1) is 15.9.